The van der Waals surface area contributed by atoms with E-state index in [1.165, 1.54) is 19.3 Å². The van der Waals surface area contributed by atoms with Crippen LogP contribution in [0.25, 0.3) is 0 Å². The van der Waals surface area contributed by atoms with Crippen LogP contribution >= 0.6 is 11.6 Å². The van der Waals surface area contributed by atoms with Gasteiger partial charge in [0.15, 0.2) is 0 Å². The van der Waals surface area contributed by atoms with Crippen LogP contribution in [0.15, 0.2) is 0 Å². The Morgan fingerprint density at radius 3 is 2.50 bits per heavy atom. The fourth-order valence-corrected chi connectivity index (χ4v) is 1.72. The van der Waals surface area contributed by atoms with Gasteiger partial charge in [-0.05, 0) is 25.8 Å². The molecular formula is C9H17ClFN. The Hall–Kier alpha value is 0.180. The molecule has 12 heavy (non-hydrogen) atoms. The molecule has 0 heterocycles. The van der Waals surface area contributed by atoms with Crippen LogP contribution in [0.5, 0.6) is 0 Å². The average Bonchev–Trinajstić information content (AvgIpc) is 1.97. The van der Waals surface area contributed by atoms with Crippen LogP contribution in [0.2, 0.25) is 0 Å². The van der Waals surface area contributed by atoms with Gasteiger partial charge >= 0.3 is 0 Å². The lowest BCUT2D eigenvalue weighted by molar-refractivity contribution is 0.119. The van der Waals surface area contributed by atoms with Crippen LogP contribution in [-0.4, -0.2) is 36.6 Å². The van der Waals surface area contributed by atoms with Gasteiger partial charge in [-0.15, -0.1) is 11.6 Å². The third-order valence-electron chi connectivity index (χ3n) is 2.54. The molecule has 0 N–H and O–H groups in total. The van der Waals surface area contributed by atoms with Crippen LogP contribution in [0.3, 0.4) is 0 Å². The highest BCUT2D eigenvalue weighted by atomic mass is 35.5. The van der Waals surface area contributed by atoms with E-state index in [0.717, 1.165) is 13.0 Å². The van der Waals surface area contributed by atoms with E-state index in [9.17, 15) is 4.39 Å². The van der Waals surface area contributed by atoms with E-state index < -0.39 is 0 Å². The molecule has 72 valence electrons. The molecule has 0 atom stereocenters. The van der Waals surface area contributed by atoms with Gasteiger partial charge in [0.25, 0.3) is 0 Å². The summed E-state index contributed by atoms with van der Waals surface area (Å²) in [6.07, 6.45) is 4.80. The fourth-order valence-electron chi connectivity index (χ4n) is 1.60. The van der Waals surface area contributed by atoms with Crippen molar-refractivity contribution in [2.45, 2.75) is 31.7 Å². The van der Waals surface area contributed by atoms with E-state index in [1.54, 1.807) is 0 Å². The first kappa shape index (κ1) is 10.3. The molecule has 0 bridgehead atoms. The SMILES string of the molecule is FCCN(CCCCl)C1CCC1. The zero-order valence-corrected chi connectivity index (χ0v) is 8.19. The maximum absolute atomic E-state index is 12.1. The summed E-state index contributed by atoms with van der Waals surface area (Å²) in [5.41, 5.74) is 0. The van der Waals surface area contributed by atoms with Crippen molar-refractivity contribution in [2.75, 3.05) is 25.6 Å². The molecule has 1 rings (SSSR count). The molecule has 0 aromatic rings. The number of hydrogen-bond donors (Lipinski definition) is 0. The Balaban J connectivity index is 2.17. The molecule has 0 spiro atoms. The maximum atomic E-state index is 12.1. The maximum Gasteiger partial charge on any atom is 0.102 e. The van der Waals surface area contributed by atoms with Crippen molar-refractivity contribution >= 4 is 11.6 Å². The van der Waals surface area contributed by atoms with E-state index in [0.29, 0.717) is 18.5 Å². The van der Waals surface area contributed by atoms with Crippen LogP contribution in [-0.2, 0) is 0 Å². The molecule has 3 heteroatoms. The van der Waals surface area contributed by atoms with Crippen molar-refractivity contribution in [2.24, 2.45) is 0 Å². The first-order valence-electron chi connectivity index (χ1n) is 4.74. The predicted molar refractivity (Wildman–Crippen MR) is 50.5 cm³/mol. The van der Waals surface area contributed by atoms with E-state index in [2.05, 4.69) is 4.90 Å². The van der Waals surface area contributed by atoms with Crippen molar-refractivity contribution < 1.29 is 4.39 Å². The molecule has 1 aliphatic rings. The smallest absolute Gasteiger partial charge is 0.102 e. The van der Waals surface area contributed by atoms with Crippen LogP contribution in [0, 0.1) is 0 Å². The largest absolute Gasteiger partial charge is 0.298 e. The lowest BCUT2D eigenvalue weighted by atomic mass is 9.91. The van der Waals surface area contributed by atoms with Crippen molar-refractivity contribution in [3.63, 3.8) is 0 Å². The molecule has 1 saturated carbocycles. The van der Waals surface area contributed by atoms with Gasteiger partial charge in [0.2, 0.25) is 0 Å². The number of rotatable bonds is 6. The predicted octanol–water partition coefficient (Wildman–Crippen LogP) is 2.44. The molecule has 0 amide bonds. The van der Waals surface area contributed by atoms with Crippen LogP contribution < -0.4 is 0 Å². The first-order valence-corrected chi connectivity index (χ1v) is 5.28. The molecule has 1 aliphatic carbocycles. The van der Waals surface area contributed by atoms with Gasteiger partial charge in [0.1, 0.15) is 6.67 Å². The van der Waals surface area contributed by atoms with E-state index in [1.807, 2.05) is 0 Å². The first-order chi connectivity index (χ1) is 5.88. The number of hydrogen-bond acceptors (Lipinski definition) is 1. The summed E-state index contributed by atoms with van der Waals surface area (Å²) in [5, 5.41) is 0. The Kier molecular flexibility index (Phi) is 4.93. The standard InChI is InChI=1S/C9H17ClFN/c10-5-2-7-12(8-6-11)9-3-1-4-9/h9H,1-8H2. The zero-order chi connectivity index (χ0) is 8.81. The van der Waals surface area contributed by atoms with Crippen LogP contribution in [0.1, 0.15) is 25.7 Å². The zero-order valence-electron chi connectivity index (χ0n) is 7.44. The second kappa shape index (κ2) is 5.76. The third-order valence-corrected chi connectivity index (χ3v) is 2.81. The summed E-state index contributed by atoms with van der Waals surface area (Å²) in [7, 11) is 0. The Morgan fingerprint density at radius 1 is 1.33 bits per heavy atom. The molecular weight excluding hydrogens is 177 g/mol. The normalized spacial score (nSPS) is 18.2. The monoisotopic (exact) mass is 193 g/mol. The summed E-state index contributed by atoms with van der Waals surface area (Å²) in [4.78, 5) is 2.24. The minimum Gasteiger partial charge on any atom is -0.298 e. The quantitative estimate of drug-likeness (QED) is 0.586. The Bertz CT molecular complexity index is 117. The third kappa shape index (κ3) is 2.91. The minimum absolute atomic E-state index is 0.223. The summed E-state index contributed by atoms with van der Waals surface area (Å²) in [6.45, 7) is 1.35. The number of nitrogens with zero attached hydrogens (tertiary/aromatic N) is 1. The molecule has 0 radical (unpaired) electrons. The molecule has 0 aliphatic heterocycles. The van der Waals surface area contributed by atoms with Gasteiger partial charge in [0.05, 0.1) is 0 Å². The summed E-state index contributed by atoms with van der Waals surface area (Å²) >= 11 is 5.59. The van der Waals surface area contributed by atoms with Gasteiger partial charge in [0, 0.05) is 18.5 Å². The van der Waals surface area contributed by atoms with E-state index in [4.69, 9.17) is 11.6 Å². The van der Waals surface area contributed by atoms with Crippen LogP contribution in [0.4, 0.5) is 4.39 Å². The van der Waals surface area contributed by atoms with Crippen molar-refractivity contribution in [3.8, 4) is 0 Å². The minimum atomic E-state index is -0.223. The van der Waals surface area contributed by atoms with Crippen molar-refractivity contribution in [1.29, 1.82) is 0 Å². The summed E-state index contributed by atoms with van der Waals surface area (Å²) in [6, 6.07) is 0.656. The van der Waals surface area contributed by atoms with Crippen molar-refractivity contribution in [3.05, 3.63) is 0 Å². The molecule has 1 nitrogen and oxygen atoms in total. The second-order valence-corrected chi connectivity index (χ2v) is 3.73. The highest BCUT2D eigenvalue weighted by Gasteiger charge is 2.23. The van der Waals surface area contributed by atoms with Gasteiger partial charge in [-0.25, -0.2) is 4.39 Å². The van der Waals surface area contributed by atoms with Crippen molar-refractivity contribution in [1.82, 2.24) is 4.90 Å². The lowest BCUT2D eigenvalue weighted by Crippen LogP contribution is -2.42. The molecule has 0 aromatic carbocycles. The number of halogens is 2. The number of alkyl halides is 2. The van der Waals surface area contributed by atoms with Gasteiger partial charge in [-0.2, -0.15) is 0 Å². The summed E-state index contributed by atoms with van der Waals surface area (Å²) in [5.74, 6) is 0.690. The molecule has 0 aromatic heterocycles. The highest BCUT2D eigenvalue weighted by molar-refractivity contribution is 6.17. The van der Waals surface area contributed by atoms with Gasteiger partial charge < -0.3 is 0 Å². The highest BCUT2D eigenvalue weighted by Crippen LogP contribution is 2.24. The average molecular weight is 194 g/mol. The second-order valence-electron chi connectivity index (χ2n) is 3.35. The van der Waals surface area contributed by atoms with Gasteiger partial charge in [-0.3, -0.25) is 4.90 Å². The topological polar surface area (TPSA) is 3.24 Å². The molecule has 1 fully saturated rings. The lowest BCUT2D eigenvalue weighted by Gasteiger charge is -2.36. The molecule has 0 unspecified atom stereocenters. The summed E-state index contributed by atoms with van der Waals surface area (Å²) < 4.78 is 12.1. The molecule has 0 saturated heterocycles. The fraction of sp³-hybridized carbons (Fsp3) is 1.00. The van der Waals surface area contributed by atoms with E-state index in [-0.39, 0.29) is 6.67 Å². The van der Waals surface area contributed by atoms with E-state index >= 15 is 0 Å². The Labute approximate surface area is 78.9 Å². The van der Waals surface area contributed by atoms with Gasteiger partial charge in [-0.1, -0.05) is 6.42 Å². The Morgan fingerprint density at radius 2 is 2.08 bits per heavy atom.